The Morgan fingerprint density at radius 3 is 2.49 bits per heavy atom. The van der Waals surface area contributed by atoms with Crippen LogP contribution in [0.2, 0.25) is 0 Å². The average molecular weight is 538 g/mol. The largest absolute Gasteiger partial charge is 0.494 e. The zero-order valence-corrected chi connectivity index (χ0v) is 23.0. The van der Waals surface area contributed by atoms with Gasteiger partial charge in [-0.3, -0.25) is 14.4 Å². The number of aliphatic hydroxyl groups excluding tert-OH is 1. The second-order valence-corrected chi connectivity index (χ2v) is 10.9. The summed E-state index contributed by atoms with van der Waals surface area (Å²) in [6.45, 7) is 7.64. The third kappa shape index (κ3) is 4.65. The van der Waals surface area contributed by atoms with Crippen LogP contribution in [0.5, 0.6) is 5.75 Å². The second kappa shape index (κ2) is 11.1. The molecule has 0 saturated carbocycles. The van der Waals surface area contributed by atoms with E-state index in [1.807, 2.05) is 69.3 Å². The van der Waals surface area contributed by atoms with Gasteiger partial charge in [-0.15, -0.1) is 0 Å². The monoisotopic (exact) mass is 537 g/mol. The molecule has 5 atom stereocenters. The lowest BCUT2D eigenvalue weighted by Crippen LogP contribution is -2.56. The zero-order chi connectivity index (χ0) is 27.7. The van der Waals surface area contributed by atoms with Crippen molar-refractivity contribution in [1.29, 1.82) is 0 Å². The summed E-state index contributed by atoms with van der Waals surface area (Å²) >= 11 is 0. The number of benzene rings is 1. The molecule has 1 unspecified atom stereocenters. The van der Waals surface area contributed by atoms with Crippen LogP contribution < -0.4 is 9.64 Å². The van der Waals surface area contributed by atoms with Crippen LogP contribution in [0.4, 0.5) is 5.69 Å². The fourth-order valence-corrected chi connectivity index (χ4v) is 6.55. The molecular formula is C30H39N3O6. The predicted molar refractivity (Wildman–Crippen MR) is 146 cm³/mol. The summed E-state index contributed by atoms with van der Waals surface area (Å²) in [6.07, 6.45) is 9.00. The summed E-state index contributed by atoms with van der Waals surface area (Å²) in [5.41, 5.74) is -0.498. The Labute approximate surface area is 230 Å². The number of amides is 3. The predicted octanol–water partition coefficient (Wildman–Crippen LogP) is 2.54. The first-order valence-electron chi connectivity index (χ1n) is 14.1. The Hall–Kier alpha value is -3.17. The molecule has 0 radical (unpaired) electrons. The number of carbonyl (C=O) groups excluding carboxylic acids is 3. The van der Waals surface area contributed by atoms with E-state index in [-0.39, 0.29) is 30.4 Å². The number of fused-ring (bicyclic) bond motifs is 2. The highest BCUT2D eigenvalue weighted by Crippen LogP contribution is 2.53. The minimum absolute atomic E-state index is 0.0498. The maximum absolute atomic E-state index is 14.2. The van der Waals surface area contributed by atoms with Crippen LogP contribution in [0.15, 0.2) is 48.6 Å². The molecule has 0 bridgehead atoms. The Bertz CT molecular complexity index is 1150. The van der Waals surface area contributed by atoms with Crippen LogP contribution in [0.3, 0.4) is 0 Å². The molecule has 39 heavy (non-hydrogen) atoms. The van der Waals surface area contributed by atoms with Crippen LogP contribution in [0, 0.1) is 11.8 Å². The van der Waals surface area contributed by atoms with E-state index in [9.17, 15) is 19.5 Å². The number of carbonyl (C=O) groups is 3. The molecule has 5 rings (SSSR count). The third-order valence-corrected chi connectivity index (χ3v) is 8.33. The van der Waals surface area contributed by atoms with E-state index in [0.717, 1.165) is 17.9 Å². The fourth-order valence-electron chi connectivity index (χ4n) is 6.55. The van der Waals surface area contributed by atoms with Gasteiger partial charge >= 0.3 is 0 Å². The van der Waals surface area contributed by atoms with Gasteiger partial charge in [0.1, 0.15) is 17.4 Å². The summed E-state index contributed by atoms with van der Waals surface area (Å²) in [7, 11) is 0. The normalized spacial score (nSPS) is 30.0. The minimum Gasteiger partial charge on any atom is -0.494 e. The van der Waals surface area contributed by atoms with Gasteiger partial charge in [0.25, 0.3) is 0 Å². The van der Waals surface area contributed by atoms with Crippen molar-refractivity contribution in [1.82, 2.24) is 9.80 Å². The highest BCUT2D eigenvalue weighted by atomic mass is 16.5. The molecule has 1 aromatic carbocycles. The minimum atomic E-state index is -1.22. The van der Waals surface area contributed by atoms with Crippen molar-refractivity contribution in [2.45, 2.75) is 63.8 Å². The number of ether oxygens (including phenoxy) is 2. The van der Waals surface area contributed by atoms with Gasteiger partial charge in [-0.05, 0) is 64.3 Å². The zero-order valence-electron chi connectivity index (χ0n) is 23.0. The van der Waals surface area contributed by atoms with E-state index in [2.05, 4.69) is 0 Å². The number of hydrogen-bond acceptors (Lipinski definition) is 6. The highest BCUT2D eigenvalue weighted by molar-refractivity contribution is 6.03. The van der Waals surface area contributed by atoms with Gasteiger partial charge in [0.15, 0.2) is 0 Å². The van der Waals surface area contributed by atoms with Gasteiger partial charge in [-0.2, -0.15) is 0 Å². The maximum Gasteiger partial charge on any atom is 0.249 e. The molecule has 3 amide bonds. The van der Waals surface area contributed by atoms with Gasteiger partial charge in [0, 0.05) is 38.0 Å². The van der Waals surface area contributed by atoms with Crippen molar-refractivity contribution in [3.8, 4) is 5.75 Å². The molecule has 0 aromatic heterocycles. The SMILES string of the molecule is CCOc1ccc(N2CC=C[C@@H]3O[C@]45C=CCN(C(C)C)C(=O)C4N(CCCCCO)C(=O)[C@@H]5[C@@H]3C2=O)cc1. The summed E-state index contributed by atoms with van der Waals surface area (Å²) in [6, 6.07) is 6.49. The van der Waals surface area contributed by atoms with Crippen LogP contribution in [0.25, 0.3) is 0 Å². The van der Waals surface area contributed by atoms with Crippen LogP contribution in [-0.4, -0.2) is 89.3 Å². The van der Waals surface area contributed by atoms with E-state index < -0.39 is 29.6 Å². The van der Waals surface area contributed by atoms with Gasteiger partial charge in [0.05, 0.1) is 24.5 Å². The molecule has 210 valence electrons. The number of aliphatic hydroxyl groups is 1. The molecule has 1 aromatic rings. The van der Waals surface area contributed by atoms with E-state index in [0.29, 0.717) is 39.1 Å². The van der Waals surface area contributed by atoms with Gasteiger partial charge < -0.3 is 29.3 Å². The number of hydrogen-bond donors (Lipinski definition) is 1. The average Bonchev–Trinajstić information content (AvgIpc) is 3.22. The second-order valence-electron chi connectivity index (χ2n) is 10.9. The lowest BCUT2D eigenvalue weighted by Gasteiger charge is -2.36. The first kappa shape index (κ1) is 27.4. The Morgan fingerprint density at radius 2 is 1.79 bits per heavy atom. The molecular weight excluding hydrogens is 498 g/mol. The topological polar surface area (TPSA) is 99.6 Å². The quantitative estimate of drug-likeness (QED) is 0.384. The van der Waals surface area contributed by atoms with Crippen molar-refractivity contribution >= 4 is 23.4 Å². The van der Waals surface area contributed by atoms with Gasteiger partial charge in [0.2, 0.25) is 17.7 Å². The van der Waals surface area contributed by atoms with Crippen molar-refractivity contribution in [2.75, 3.05) is 37.7 Å². The number of likely N-dealkylation sites (tertiary alicyclic amines) is 1. The van der Waals surface area contributed by atoms with Crippen molar-refractivity contribution < 1.29 is 29.0 Å². The van der Waals surface area contributed by atoms with E-state index in [4.69, 9.17) is 9.47 Å². The van der Waals surface area contributed by atoms with Crippen LogP contribution in [0.1, 0.15) is 40.0 Å². The van der Waals surface area contributed by atoms with E-state index in [1.165, 1.54) is 0 Å². The molecule has 4 heterocycles. The lowest BCUT2D eigenvalue weighted by atomic mass is 9.77. The van der Waals surface area contributed by atoms with E-state index in [1.54, 1.807) is 14.7 Å². The molecule has 4 aliphatic rings. The van der Waals surface area contributed by atoms with Crippen LogP contribution >= 0.6 is 0 Å². The van der Waals surface area contributed by atoms with Crippen molar-refractivity contribution in [3.05, 3.63) is 48.6 Å². The standard InChI is InChI=1S/C30H39N3O6/c1-4-38-22-13-11-21(12-14-22)32-17-8-10-23-24(27(32)35)25-28(36)33(16-6-5-7-19-34)26-29(37)31(20(2)3)18-9-15-30(25,26)39-23/h8-15,20,23-26,34H,4-7,16-19H2,1-3H3/t23-,24+,25-,26?,30-/m0/s1. The number of anilines is 1. The Balaban J connectivity index is 1.52. The van der Waals surface area contributed by atoms with Crippen LogP contribution in [-0.2, 0) is 19.1 Å². The van der Waals surface area contributed by atoms with Crippen molar-refractivity contribution in [3.63, 3.8) is 0 Å². The molecule has 4 aliphatic heterocycles. The fraction of sp³-hybridized carbons (Fsp3) is 0.567. The molecule has 9 nitrogen and oxygen atoms in total. The molecule has 0 aliphatic carbocycles. The van der Waals surface area contributed by atoms with Gasteiger partial charge in [-0.25, -0.2) is 0 Å². The number of unbranched alkanes of at least 4 members (excludes halogenated alkanes) is 2. The molecule has 9 heteroatoms. The summed E-state index contributed by atoms with van der Waals surface area (Å²) in [4.78, 5) is 47.5. The molecule has 2 saturated heterocycles. The first-order chi connectivity index (χ1) is 18.8. The smallest absolute Gasteiger partial charge is 0.249 e. The Morgan fingerprint density at radius 1 is 1.03 bits per heavy atom. The first-order valence-corrected chi connectivity index (χ1v) is 14.1. The number of rotatable bonds is 9. The Kier molecular flexibility index (Phi) is 7.82. The van der Waals surface area contributed by atoms with E-state index >= 15 is 0 Å². The summed E-state index contributed by atoms with van der Waals surface area (Å²) in [5, 5.41) is 9.22. The molecule has 1 N–H and O–H groups in total. The summed E-state index contributed by atoms with van der Waals surface area (Å²) in [5.74, 6) is -1.38. The third-order valence-electron chi connectivity index (χ3n) is 8.33. The molecule has 2 fully saturated rings. The van der Waals surface area contributed by atoms with Crippen molar-refractivity contribution in [2.24, 2.45) is 11.8 Å². The lowest BCUT2D eigenvalue weighted by molar-refractivity contribution is -0.148. The molecule has 1 spiro atoms. The summed E-state index contributed by atoms with van der Waals surface area (Å²) < 4.78 is 12.2. The maximum atomic E-state index is 14.2. The highest BCUT2D eigenvalue weighted by Gasteiger charge is 2.71. The number of nitrogens with zero attached hydrogens (tertiary/aromatic N) is 3. The van der Waals surface area contributed by atoms with Gasteiger partial charge in [-0.1, -0.05) is 24.3 Å².